The predicted octanol–water partition coefficient (Wildman–Crippen LogP) is 3.85. The zero-order valence-electron chi connectivity index (χ0n) is 13.1. The SMILES string of the molecule is Cc1ccc(-c2ccc(Cl)cc2NC(=O)N2CCC(C(=O)O)C2)o1. The molecule has 0 radical (unpaired) electrons. The Labute approximate surface area is 144 Å². The van der Waals surface area contributed by atoms with Crippen LogP contribution in [0.3, 0.4) is 0 Å². The van der Waals surface area contributed by atoms with E-state index in [0.717, 1.165) is 11.3 Å². The van der Waals surface area contributed by atoms with Gasteiger partial charge >= 0.3 is 12.0 Å². The van der Waals surface area contributed by atoms with E-state index in [-0.39, 0.29) is 12.6 Å². The lowest BCUT2D eigenvalue weighted by molar-refractivity contribution is -0.141. The van der Waals surface area contributed by atoms with Crippen molar-refractivity contribution in [1.29, 1.82) is 0 Å². The number of anilines is 1. The second kappa shape index (κ2) is 6.57. The fourth-order valence-electron chi connectivity index (χ4n) is 2.75. The van der Waals surface area contributed by atoms with Crippen LogP contribution in [0.1, 0.15) is 12.2 Å². The third-order valence-corrected chi connectivity index (χ3v) is 4.29. The Hall–Kier alpha value is -2.47. The summed E-state index contributed by atoms with van der Waals surface area (Å²) < 4.78 is 5.62. The molecule has 6 nitrogen and oxygen atoms in total. The average Bonchev–Trinajstić information content (AvgIpc) is 3.16. The molecule has 3 rings (SSSR count). The minimum Gasteiger partial charge on any atom is -0.481 e. The molecule has 0 spiro atoms. The largest absolute Gasteiger partial charge is 0.481 e. The molecule has 2 aromatic rings. The maximum atomic E-state index is 12.4. The number of carboxylic acid groups (broad SMARTS) is 1. The number of hydrogen-bond acceptors (Lipinski definition) is 3. The molecule has 1 aliphatic heterocycles. The van der Waals surface area contributed by atoms with Crippen molar-refractivity contribution < 1.29 is 19.1 Å². The Morgan fingerprint density at radius 1 is 1.33 bits per heavy atom. The van der Waals surface area contributed by atoms with Crippen molar-refractivity contribution in [3.8, 4) is 11.3 Å². The number of nitrogens with one attached hydrogen (secondary N) is 1. The van der Waals surface area contributed by atoms with Crippen LogP contribution in [-0.4, -0.2) is 35.1 Å². The van der Waals surface area contributed by atoms with Crippen molar-refractivity contribution in [2.75, 3.05) is 18.4 Å². The van der Waals surface area contributed by atoms with Gasteiger partial charge in [-0.2, -0.15) is 0 Å². The summed E-state index contributed by atoms with van der Waals surface area (Å²) in [5.41, 5.74) is 1.25. The normalized spacial score (nSPS) is 17.1. The Kier molecular flexibility index (Phi) is 4.49. The van der Waals surface area contributed by atoms with E-state index < -0.39 is 11.9 Å². The molecule has 24 heavy (non-hydrogen) atoms. The Morgan fingerprint density at radius 2 is 2.12 bits per heavy atom. The summed E-state index contributed by atoms with van der Waals surface area (Å²) in [6, 6.07) is 8.47. The maximum Gasteiger partial charge on any atom is 0.321 e. The van der Waals surface area contributed by atoms with E-state index in [1.54, 1.807) is 18.2 Å². The van der Waals surface area contributed by atoms with Gasteiger partial charge in [0.15, 0.2) is 0 Å². The van der Waals surface area contributed by atoms with Crippen LogP contribution < -0.4 is 5.32 Å². The van der Waals surface area contributed by atoms with Crippen LogP contribution in [0.25, 0.3) is 11.3 Å². The first kappa shape index (κ1) is 16.4. The number of aryl methyl sites for hydroxylation is 1. The number of halogens is 1. The van der Waals surface area contributed by atoms with Gasteiger partial charge in [0.1, 0.15) is 11.5 Å². The van der Waals surface area contributed by atoms with Gasteiger partial charge in [0.05, 0.1) is 11.6 Å². The number of rotatable bonds is 3. The van der Waals surface area contributed by atoms with Crippen LogP contribution in [0.15, 0.2) is 34.7 Å². The number of hydrogen-bond donors (Lipinski definition) is 2. The number of likely N-dealkylation sites (tertiary alicyclic amines) is 1. The van der Waals surface area contributed by atoms with Crippen molar-refractivity contribution in [3.05, 3.63) is 41.1 Å². The quantitative estimate of drug-likeness (QED) is 0.882. The summed E-state index contributed by atoms with van der Waals surface area (Å²) in [7, 11) is 0. The smallest absolute Gasteiger partial charge is 0.321 e. The molecule has 1 saturated heterocycles. The summed E-state index contributed by atoms with van der Waals surface area (Å²) in [5, 5.41) is 12.3. The van der Waals surface area contributed by atoms with E-state index in [4.69, 9.17) is 21.1 Å². The third-order valence-electron chi connectivity index (χ3n) is 4.05. The van der Waals surface area contributed by atoms with Gasteiger partial charge in [-0.25, -0.2) is 4.79 Å². The lowest BCUT2D eigenvalue weighted by atomic mass is 10.1. The van der Waals surface area contributed by atoms with Crippen molar-refractivity contribution >= 4 is 29.3 Å². The van der Waals surface area contributed by atoms with E-state index in [0.29, 0.717) is 29.4 Å². The Balaban J connectivity index is 1.81. The topological polar surface area (TPSA) is 82.8 Å². The number of aliphatic carboxylic acids is 1. The van der Waals surface area contributed by atoms with Crippen molar-refractivity contribution in [2.24, 2.45) is 5.92 Å². The van der Waals surface area contributed by atoms with E-state index in [9.17, 15) is 9.59 Å². The molecule has 1 fully saturated rings. The summed E-state index contributed by atoms with van der Waals surface area (Å²) in [6.07, 6.45) is 0.461. The first-order valence-electron chi connectivity index (χ1n) is 7.59. The fraction of sp³-hybridized carbons (Fsp3) is 0.294. The molecule has 0 aliphatic carbocycles. The average molecular weight is 349 g/mol. The van der Waals surface area contributed by atoms with E-state index in [1.165, 1.54) is 4.90 Å². The number of carbonyl (C=O) groups excluding carboxylic acids is 1. The molecule has 2 N–H and O–H groups in total. The van der Waals surface area contributed by atoms with Gasteiger partial charge in [-0.1, -0.05) is 11.6 Å². The summed E-state index contributed by atoms with van der Waals surface area (Å²) >= 11 is 6.04. The molecule has 0 bridgehead atoms. The van der Waals surface area contributed by atoms with Crippen molar-refractivity contribution in [1.82, 2.24) is 4.90 Å². The van der Waals surface area contributed by atoms with Crippen LogP contribution >= 0.6 is 11.6 Å². The highest BCUT2D eigenvalue weighted by Crippen LogP contribution is 2.32. The molecular weight excluding hydrogens is 332 g/mol. The molecular formula is C17H17ClN2O4. The second-order valence-electron chi connectivity index (χ2n) is 5.80. The molecule has 1 aliphatic rings. The first-order chi connectivity index (χ1) is 11.4. The van der Waals surface area contributed by atoms with Gasteiger partial charge in [-0.05, 0) is 43.7 Å². The van der Waals surface area contributed by atoms with Crippen LogP contribution in [-0.2, 0) is 4.79 Å². The van der Waals surface area contributed by atoms with Gasteiger partial charge in [0.2, 0.25) is 0 Å². The highest BCUT2D eigenvalue weighted by Gasteiger charge is 2.31. The van der Waals surface area contributed by atoms with Crippen molar-refractivity contribution in [3.63, 3.8) is 0 Å². The van der Waals surface area contributed by atoms with E-state index >= 15 is 0 Å². The number of benzene rings is 1. The van der Waals surface area contributed by atoms with Gasteiger partial charge < -0.3 is 19.7 Å². The van der Waals surface area contributed by atoms with Gasteiger partial charge in [0, 0.05) is 23.7 Å². The minimum atomic E-state index is -0.875. The molecule has 1 aromatic carbocycles. The van der Waals surface area contributed by atoms with Gasteiger partial charge in [0.25, 0.3) is 0 Å². The molecule has 1 aromatic heterocycles. The van der Waals surface area contributed by atoms with Crippen LogP contribution in [0.4, 0.5) is 10.5 Å². The van der Waals surface area contributed by atoms with Gasteiger partial charge in [-0.3, -0.25) is 4.79 Å². The molecule has 7 heteroatoms. The monoisotopic (exact) mass is 348 g/mol. The Bertz CT molecular complexity index is 787. The standard InChI is InChI=1S/C17H17ClN2O4/c1-10-2-5-15(24-10)13-4-3-12(18)8-14(13)19-17(23)20-7-6-11(9-20)16(21)22/h2-5,8,11H,6-7,9H2,1H3,(H,19,23)(H,21,22). The van der Waals surface area contributed by atoms with Crippen molar-refractivity contribution in [2.45, 2.75) is 13.3 Å². The fourth-order valence-corrected chi connectivity index (χ4v) is 2.93. The lowest BCUT2D eigenvalue weighted by Gasteiger charge is -2.18. The molecule has 126 valence electrons. The zero-order valence-corrected chi connectivity index (χ0v) is 13.8. The molecule has 2 amide bonds. The minimum absolute atomic E-state index is 0.205. The number of carboxylic acids is 1. The van der Waals surface area contributed by atoms with E-state index in [2.05, 4.69) is 5.32 Å². The number of carbonyl (C=O) groups is 2. The molecule has 2 heterocycles. The van der Waals surface area contributed by atoms with Gasteiger partial charge in [-0.15, -0.1) is 0 Å². The molecule has 1 unspecified atom stereocenters. The number of furan rings is 1. The number of urea groups is 1. The highest BCUT2D eigenvalue weighted by molar-refractivity contribution is 6.31. The summed E-state index contributed by atoms with van der Waals surface area (Å²) in [6.45, 7) is 2.46. The summed E-state index contributed by atoms with van der Waals surface area (Å²) in [4.78, 5) is 25.0. The number of amides is 2. The maximum absolute atomic E-state index is 12.4. The third kappa shape index (κ3) is 3.38. The predicted molar refractivity (Wildman–Crippen MR) is 90.2 cm³/mol. The first-order valence-corrected chi connectivity index (χ1v) is 7.97. The summed E-state index contributed by atoms with van der Waals surface area (Å²) in [5.74, 6) is 0.00693. The molecule has 1 atom stereocenters. The van der Waals surface area contributed by atoms with Crippen LogP contribution in [0.2, 0.25) is 5.02 Å². The Morgan fingerprint density at radius 3 is 2.75 bits per heavy atom. The molecule has 0 saturated carbocycles. The second-order valence-corrected chi connectivity index (χ2v) is 6.24. The van der Waals surface area contributed by atoms with Crippen LogP contribution in [0.5, 0.6) is 0 Å². The number of nitrogens with zero attached hydrogens (tertiary/aromatic N) is 1. The highest BCUT2D eigenvalue weighted by atomic mass is 35.5. The van der Waals surface area contributed by atoms with Crippen LogP contribution in [0, 0.1) is 12.8 Å². The zero-order chi connectivity index (χ0) is 17.3. The van der Waals surface area contributed by atoms with E-state index in [1.807, 2.05) is 19.1 Å². The lowest BCUT2D eigenvalue weighted by Crippen LogP contribution is -2.33.